The van der Waals surface area contributed by atoms with Crippen LogP contribution < -0.4 is 10.6 Å². The molecule has 1 amide bonds. The summed E-state index contributed by atoms with van der Waals surface area (Å²) in [5.41, 5.74) is 7.19. The Balaban J connectivity index is 0.00000259. The van der Waals surface area contributed by atoms with Crippen LogP contribution in [0, 0.1) is 5.92 Å². The number of amides is 1. The number of benzene rings is 1. The van der Waals surface area contributed by atoms with Crippen LogP contribution in [0.3, 0.4) is 0 Å². The molecule has 182 valence electrons. The molecule has 7 nitrogen and oxygen atoms in total. The number of anilines is 1. The molecule has 2 unspecified atom stereocenters. The third-order valence-corrected chi connectivity index (χ3v) is 8.01. The molecule has 8 heteroatoms. The number of fused-ring (bicyclic) bond motifs is 3. The number of hydrogen-bond acceptors (Lipinski definition) is 6. The van der Waals surface area contributed by atoms with Crippen molar-refractivity contribution in [2.75, 3.05) is 31.6 Å². The number of carbonyl (C=O) groups is 1. The fourth-order valence-corrected chi connectivity index (χ4v) is 6.35. The van der Waals surface area contributed by atoms with Crippen LogP contribution in [-0.2, 0) is 0 Å². The minimum absolute atomic E-state index is 0. The number of piperidine rings is 2. The van der Waals surface area contributed by atoms with E-state index in [4.69, 9.17) is 15.1 Å². The molecule has 2 bridgehead atoms. The number of halogens is 1. The van der Waals surface area contributed by atoms with Gasteiger partial charge in [0, 0.05) is 43.8 Å². The SMILES string of the molecule is CC(C)C[C@H]1CN(C2CC3CCCC(C2)N3C)CCN1c1nc2c(C(N)=O)cccc2o1.Cl. The maximum atomic E-state index is 11.9. The van der Waals surface area contributed by atoms with E-state index in [1.165, 1.54) is 32.1 Å². The van der Waals surface area contributed by atoms with Gasteiger partial charge in [0.1, 0.15) is 5.52 Å². The lowest BCUT2D eigenvalue weighted by Crippen LogP contribution is -2.61. The summed E-state index contributed by atoms with van der Waals surface area (Å²) in [6, 6.07) is 8.55. The van der Waals surface area contributed by atoms with Gasteiger partial charge in [-0.05, 0) is 57.2 Å². The monoisotopic (exact) mass is 475 g/mol. The second-order valence-corrected chi connectivity index (χ2v) is 10.5. The normalized spacial score (nSPS) is 28.8. The number of para-hydroxylation sites is 1. The first-order valence-corrected chi connectivity index (χ1v) is 12.3. The lowest BCUT2D eigenvalue weighted by molar-refractivity contribution is 0.00221. The first-order valence-electron chi connectivity index (χ1n) is 12.3. The molecule has 0 aliphatic carbocycles. The van der Waals surface area contributed by atoms with Crippen molar-refractivity contribution in [3.8, 4) is 0 Å². The molecule has 3 saturated heterocycles. The molecule has 4 heterocycles. The number of hydrogen-bond donors (Lipinski definition) is 1. The van der Waals surface area contributed by atoms with E-state index < -0.39 is 5.91 Å². The van der Waals surface area contributed by atoms with Crippen molar-refractivity contribution >= 4 is 35.4 Å². The molecule has 0 spiro atoms. The molecule has 2 aromatic rings. The Bertz CT molecular complexity index is 965. The van der Waals surface area contributed by atoms with E-state index in [0.717, 1.165) is 38.1 Å². The van der Waals surface area contributed by atoms with Crippen molar-refractivity contribution in [2.45, 2.75) is 76.5 Å². The molecule has 1 aromatic heterocycles. The number of piperazine rings is 1. The molecule has 3 fully saturated rings. The standard InChI is InChI=1S/C25H37N5O2.ClH/c1-16(2)12-20-15-29(19-13-17-6-4-7-18(14-19)28(17)3)10-11-30(20)25-27-23-21(24(26)31)8-5-9-22(23)32-25;/h5,8-9,16-20H,4,6-7,10-15H2,1-3H3,(H2,26,31);1H/t17?,18?,19?,20-;/m0./s1. The Morgan fingerprint density at radius 2 is 1.91 bits per heavy atom. The number of nitrogens with two attached hydrogens (primary N) is 1. The summed E-state index contributed by atoms with van der Waals surface area (Å²) in [4.78, 5) is 24.3. The van der Waals surface area contributed by atoms with Gasteiger partial charge in [-0.1, -0.05) is 26.3 Å². The van der Waals surface area contributed by atoms with Gasteiger partial charge in [0.25, 0.3) is 11.9 Å². The zero-order chi connectivity index (χ0) is 22.4. The third-order valence-electron chi connectivity index (χ3n) is 8.01. The second-order valence-electron chi connectivity index (χ2n) is 10.5. The first kappa shape index (κ1) is 24.3. The molecular weight excluding hydrogens is 438 g/mol. The van der Waals surface area contributed by atoms with Crippen LogP contribution in [0.5, 0.6) is 0 Å². The number of aromatic nitrogens is 1. The minimum atomic E-state index is -0.466. The number of primary amides is 1. The van der Waals surface area contributed by atoms with Gasteiger partial charge in [0.15, 0.2) is 5.58 Å². The Morgan fingerprint density at radius 3 is 2.58 bits per heavy atom. The minimum Gasteiger partial charge on any atom is -0.423 e. The summed E-state index contributed by atoms with van der Waals surface area (Å²) in [5.74, 6) is 0.122. The van der Waals surface area contributed by atoms with E-state index in [-0.39, 0.29) is 12.4 Å². The fraction of sp³-hybridized carbons (Fsp3) is 0.680. The second kappa shape index (κ2) is 9.80. The van der Waals surface area contributed by atoms with Gasteiger partial charge in [0.2, 0.25) is 0 Å². The van der Waals surface area contributed by atoms with Crippen molar-refractivity contribution in [2.24, 2.45) is 11.7 Å². The highest BCUT2D eigenvalue weighted by atomic mass is 35.5. The topological polar surface area (TPSA) is 78.8 Å². The molecule has 33 heavy (non-hydrogen) atoms. The van der Waals surface area contributed by atoms with Crippen molar-refractivity contribution in [3.63, 3.8) is 0 Å². The first-order chi connectivity index (χ1) is 15.4. The highest BCUT2D eigenvalue weighted by Crippen LogP contribution is 2.36. The quantitative estimate of drug-likeness (QED) is 0.706. The Labute approximate surface area is 203 Å². The summed E-state index contributed by atoms with van der Waals surface area (Å²) in [5, 5.41) is 0. The summed E-state index contributed by atoms with van der Waals surface area (Å²) in [6.45, 7) is 7.55. The summed E-state index contributed by atoms with van der Waals surface area (Å²) in [6.07, 6.45) is 7.78. The summed E-state index contributed by atoms with van der Waals surface area (Å²) < 4.78 is 6.15. The van der Waals surface area contributed by atoms with E-state index >= 15 is 0 Å². The predicted octanol–water partition coefficient (Wildman–Crippen LogP) is 3.90. The predicted molar refractivity (Wildman–Crippen MR) is 134 cm³/mol. The van der Waals surface area contributed by atoms with E-state index in [1.54, 1.807) is 12.1 Å². The lowest BCUT2D eigenvalue weighted by atomic mass is 9.81. The molecule has 5 rings (SSSR count). The van der Waals surface area contributed by atoms with Crippen LogP contribution in [0.15, 0.2) is 22.6 Å². The van der Waals surface area contributed by atoms with E-state index in [2.05, 4.69) is 35.6 Å². The highest BCUT2D eigenvalue weighted by molar-refractivity contribution is 6.03. The van der Waals surface area contributed by atoms with E-state index in [0.29, 0.717) is 40.7 Å². The molecule has 3 aliphatic rings. The highest BCUT2D eigenvalue weighted by Gasteiger charge is 2.41. The largest absolute Gasteiger partial charge is 0.423 e. The fourth-order valence-electron chi connectivity index (χ4n) is 6.35. The molecule has 0 radical (unpaired) electrons. The molecular formula is C25H38ClN5O2. The van der Waals surface area contributed by atoms with Crippen molar-refractivity contribution in [3.05, 3.63) is 23.8 Å². The van der Waals surface area contributed by atoms with Gasteiger partial charge in [-0.25, -0.2) is 0 Å². The van der Waals surface area contributed by atoms with Gasteiger partial charge >= 0.3 is 0 Å². The summed E-state index contributed by atoms with van der Waals surface area (Å²) in [7, 11) is 2.33. The Kier molecular flexibility index (Phi) is 7.22. The average Bonchev–Trinajstić information content (AvgIpc) is 3.17. The molecule has 0 saturated carbocycles. The maximum Gasteiger partial charge on any atom is 0.298 e. The summed E-state index contributed by atoms with van der Waals surface area (Å²) >= 11 is 0. The van der Waals surface area contributed by atoms with Gasteiger partial charge < -0.3 is 20.0 Å². The number of carbonyl (C=O) groups excluding carboxylic acids is 1. The average molecular weight is 476 g/mol. The zero-order valence-corrected chi connectivity index (χ0v) is 20.9. The number of nitrogens with zero attached hydrogens (tertiary/aromatic N) is 4. The van der Waals surface area contributed by atoms with Crippen LogP contribution in [0.25, 0.3) is 11.1 Å². The van der Waals surface area contributed by atoms with E-state index in [1.807, 2.05) is 6.07 Å². The third kappa shape index (κ3) is 4.73. The van der Waals surface area contributed by atoms with Crippen molar-refractivity contribution in [1.82, 2.24) is 14.8 Å². The van der Waals surface area contributed by atoms with E-state index in [9.17, 15) is 4.79 Å². The van der Waals surface area contributed by atoms with Crippen molar-refractivity contribution in [1.29, 1.82) is 0 Å². The van der Waals surface area contributed by atoms with Gasteiger partial charge in [0.05, 0.1) is 5.56 Å². The van der Waals surface area contributed by atoms with Crippen LogP contribution in [0.2, 0.25) is 0 Å². The van der Waals surface area contributed by atoms with Gasteiger partial charge in [-0.3, -0.25) is 9.69 Å². The molecule has 3 aliphatic heterocycles. The Morgan fingerprint density at radius 1 is 1.18 bits per heavy atom. The Hall–Kier alpha value is -1.83. The smallest absolute Gasteiger partial charge is 0.298 e. The van der Waals surface area contributed by atoms with Crippen LogP contribution in [0.4, 0.5) is 6.01 Å². The molecule has 2 N–H and O–H groups in total. The van der Waals surface area contributed by atoms with Gasteiger partial charge in [-0.15, -0.1) is 12.4 Å². The van der Waals surface area contributed by atoms with Crippen LogP contribution >= 0.6 is 12.4 Å². The molecule has 1 aromatic carbocycles. The van der Waals surface area contributed by atoms with Crippen LogP contribution in [-0.4, -0.2) is 71.5 Å². The molecule has 3 atom stereocenters. The number of oxazole rings is 1. The van der Waals surface area contributed by atoms with Crippen molar-refractivity contribution < 1.29 is 9.21 Å². The maximum absolute atomic E-state index is 11.9. The van der Waals surface area contributed by atoms with Gasteiger partial charge in [-0.2, -0.15) is 4.98 Å². The number of rotatable bonds is 5. The van der Waals surface area contributed by atoms with Crippen LogP contribution in [0.1, 0.15) is 62.7 Å². The lowest BCUT2D eigenvalue weighted by Gasteiger charge is -2.52. The zero-order valence-electron chi connectivity index (χ0n) is 20.1.